The summed E-state index contributed by atoms with van der Waals surface area (Å²) >= 11 is 0. The minimum absolute atomic E-state index is 0.770. The summed E-state index contributed by atoms with van der Waals surface area (Å²) in [4.78, 5) is 5.59. The number of hydrogen-bond donors (Lipinski definition) is 1. The van der Waals surface area contributed by atoms with Gasteiger partial charge in [-0.1, -0.05) is 54.6 Å². The van der Waals surface area contributed by atoms with Crippen LogP contribution < -0.4 is 0 Å². The van der Waals surface area contributed by atoms with E-state index in [1.54, 1.807) is 0 Å². The van der Waals surface area contributed by atoms with Crippen molar-refractivity contribution < 1.29 is 4.84 Å². The Morgan fingerprint density at radius 1 is 0.957 bits per heavy atom. The average molecular weight is 305 g/mol. The summed E-state index contributed by atoms with van der Waals surface area (Å²) in [6, 6.07) is 19.0. The van der Waals surface area contributed by atoms with Gasteiger partial charge in [0.1, 0.15) is 0 Å². The molecule has 3 aromatic rings. The molecule has 1 aliphatic rings. The van der Waals surface area contributed by atoms with E-state index in [9.17, 15) is 0 Å². The predicted octanol–water partition coefficient (Wildman–Crippen LogP) is 3.88. The van der Waals surface area contributed by atoms with Gasteiger partial charge in [-0.25, -0.2) is 0 Å². The maximum atomic E-state index is 5.59. The molecule has 23 heavy (non-hydrogen) atoms. The first-order valence-corrected chi connectivity index (χ1v) is 7.96. The van der Waals surface area contributed by atoms with Crippen LogP contribution in [0.5, 0.6) is 0 Å². The summed E-state index contributed by atoms with van der Waals surface area (Å²) in [5, 5.41) is 9.34. The van der Waals surface area contributed by atoms with Crippen LogP contribution in [-0.4, -0.2) is 28.4 Å². The first kappa shape index (κ1) is 14.2. The fraction of sp³-hybridized carbons (Fsp3) is 0.211. The van der Waals surface area contributed by atoms with E-state index in [4.69, 9.17) is 4.84 Å². The number of aromatic amines is 1. The molecule has 1 aliphatic heterocycles. The number of hydrogen-bond acceptors (Lipinski definition) is 3. The van der Waals surface area contributed by atoms with Gasteiger partial charge in [-0.3, -0.25) is 9.94 Å². The molecule has 1 aromatic heterocycles. The van der Waals surface area contributed by atoms with E-state index in [0.717, 1.165) is 37.4 Å². The Morgan fingerprint density at radius 3 is 2.43 bits per heavy atom. The monoisotopic (exact) mass is 305 g/mol. The minimum atomic E-state index is 0.770. The third-order valence-electron chi connectivity index (χ3n) is 4.17. The van der Waals surface area contributed by atoms with Gasteiger partial charge in [-0.2, -0.15) is 10.2 Å². The average Bonchev–Trinajstić information content (AvgIpc) is 3.28. The molecule has 0 bridgehead atoms. The van der Waals surface area contributed by atoms with Crippen molar-refractivity contribution in [2.45, 2.75) is 13.0 Å². The van der Waals surface area contributed by atoms with Gasteiger partial charge in [-0.05, 0) is 23.1 Å². The van der Waals surface area contributed by atoms with Crippen molar-refractivity contribution in [1.29, 1.82) is 0 Å². The van der Waals surface area contributed by atoms with Crippen molar-refractivity contribution in [2.75, 3.05) is 13.2 Å². The maximum Gasteiger partial charge on any atom is 0.0698 e. The second-order valence-electron chi connectivity index (χ2n) is 5.76. The Bertz CT molecular complexity index is 759. The SMILES string of the molecule is c1ccc(-c2ccc(-c3[nH]ncc3CN3CCCO3)cc2)cc1. The number of nitrogens with one attached hydrogen (secondary N) is 1. The number of hydroxylamine groups is 2. The highest BCUT2D eigenvalue weighted by Gasteiger charge is 2.16. The quantitative estimate of drug-likeness (QED) is 0.795. The fourth-order valence-electron chi connectivity index (χ4n) is 2.95. The van der Waals surface area contributed by atoms with E-state index in [1.165, 1.54) is 16.7 Å². The summed E-state index contributed by atoms with van der Waals surface area (Å²) in [5.41, 5.74) is 5.84. The highest BCUT2D eigenvalue weighted by atomic mass is 16.7. The first-order chi connectivity index (χ1) is 11.4. The van der Waals surface area contributed by atoms with Crippen LogP contribution in [0, 0.1) is 0 Å². The lowest BCUT2D eigenvalue weighted by Gasteiger charge is -2.13. The number of H-pyrrole nitrogens is 1. The standard InChI is InChI=1S/C19H19N3O/c1-2-5-15(6-3-1)16-7-9-17(10-8-16)19-18(13-20-21-19)14-22-11-4-12-23-22/h1-3,5-10,13H,4,11-12,14H2,(H,20,21). The molecule has 1 N–H and O–H groups in total. The second-order valence-corrected chi connectivity index (χ2v) is 5.76. The zero-order valence-corrected chi connectivity index (χ0v) is 12.9. The van der Waals surface area contributed by atoms with Crippen molar-refractivity contribution >= 4 is 0 Å². The predicted molar refractivity (Wildman–Crippen MR) is 90.4 cm³/mol. The van der Waals surface area contributed by atoms with Crippen LogP contribution in [-0.2, 0) is 11.4 Å². The second kappa shape index (κ2) is 6.36. The van der Waals surface area contributed by atoms with E-state index in [1.807, 2.05) is 17.3 Å². The van der Waals surface area contributed by atoms with E-state index >= 15 is 0 Å². The van der Waals surface area contributed by atoms with Gasteiger partial charge in [0.15, 0.2) is 0 Å². The third kappa shape index (κ3) is 3.04. The van der Waals surface area contributed by atoms with Crippen LogP contribution in [0.3, 0.4) is 0 Å². The molecule has 0 unspecified atom stereocenters. The Hall–Kier alpha value is -2.43. The Balaban J connectivity index is 1.58. The van der Waals surface area contributed by atoms with Crippen LogP contribution in [0.1, 0.15) is 12.0 Å². The smallest absolute Gasteiger partial charge is 0.0698 e. The molecule has 1 saturated heterocycles. The number of aromatic nitrogens is 2. The Morgan fingerprint density at radius 2 is 1.70 bits per heavy atom. The van der Waals surface area contributed by atoms with Crippen molar-refractivity contribution in [3.05, 3.63) is 66.4 Å². The van der Waals surface area contributed by atoms with Gasteiger partial charge in [0, 0.05) is 12.1 Å². The number of benzene rings is 2. The molecule has 0 atom stereocenters. The Kier molecular flexibility index (Phi) is 3.92. The zero-order chi connectivity index (χ0) is 15.5. The van der Waals surface area contributed by atoms with Crippen LogP contribution in [0.2, 0.25) is 0 Å². The zero-order valence-electron chi connectivity index (χ0n) is 12.9. The molecule has 2 aromatic carbocycles. The summed E-state index contributed by atoms with van der Waals surface area (Å²) in [6.07, 6.45) is 2.99. The molecule has 116 valence electrons. The van der Waals surface area contributed by atoms with Crippen LogP contribution in [0.15, 0.2) is 60.8 Å². The lowest BCUT2D eigenvalue weighted by atomic mass is 10.0. The van der Waals surface area contributed by atoms with Gasteiger partial charge in [0.25, 0.3) is 0 Å². The largest absolute Gasteiger partial charge is 0.299 e. The molecule has 0 radical (unpaired) electrons. The molecule has 1 fully saturated rings. The molecule has 2 heterocycles. The summed E-state index contributed by atoms with van der Waals surface area (Å²) < 4.78 is 0. The number of nitrogens with zero attached hydrogens (tertiary/aromatic N) is 2. The summed E-state index contributed by atoms with van der Waals surface area (Å²) in [7, 11) is 0. The first-order valence-electron chi connectivity index (χ1n) is 7.96. The highest BCUT2D eigenvalue weighted by molar-refractivity contribution is 5.69. The van der Waals surface area contributed by atoms with Gasteiger partial charge in [0.05, 0.1) is 25.0 Å². The topological polar surface area (TPSA) is 41.2 Å². The van der Waals surface area contributed by atoms with Crippen molar-refractivity contribution in [1.82, 2.24) is 15.3 Å². The van der Waals surface area contributed by atoms with E-state index in [0.29, 0.717) is 0 Å². The van der Waals surface area contributed by atoms with Crippen molar-refractivity contribution in [3.8, 4) is 22.4 Å². The van der Waals surface area contributed by atoms with E-state index in [-0.39, 0.29) is 0 Å². The van der Waals surface area contributed by atoms with E-state index in [2.05, 4.69) is 58.7 Å². The van der Waals surface area contributed by atoms with E-state index < -0.39 is 0 Å². The third-order valence-corrected chi connectivity index (χ3v) is 4.17. The maximum absolute atomic E-state index is 5.59. The van der Waals surface area contributed by atoms with Gasteiger partial charge < -0.3 is 0 Å². The molecular formula is C19H19N3O. The van der Waals surface area contributed by atoms with Gasteiger partial charge >= 0.3 is 0 Å². The highest BCUT2D eigenvalue weighted by Crippen LogP contribution is 2.26. The molecule has 4 nitrogen and oxygen atoms in total. The lowest BCUT2D eigenvalue weighted by Crippen LogP contribution is -2.17. The fourth-order valence-corrected chi connectivity index (χ4v) is 2.95. The molecule has 0 saturated carbocycles. The molecule has 4 rings (SSSR count). The van der Waals surface area contributed by atoms with Crippen LogP contribution in [0.4, 0.5) is 0 Å². The Labute approximate surface area is 135 Å². The van der Waals surface area contributed by atoms with Gasteiger partial charge in [0.2, 0.25) is 0 Å². The molecule has 0 spiro atoms. The van der Waals surface area contributed by atoms with Crippen molar-refractivity contribution in [3.63, 3.8) is 0 Å². The molecule has 0 amide bonds. The van der Waals surface area contributed by atoms with Crippen molar-refractivity contribution in [2.24, 2.45) is 0 Å². The molecule has 0 aliphatic carbocycles. The van der Waals surface area contributed by atoms with Gasteiger partial charge in [-0.15, -0.1) is 0 Å². The lowest BCUT2D eigenvalue weighted by molar-refractivity contribution is -0.117. The molecule has 4 heteroatoms. The summed E-state index contributed by atoms with van der Waals surface area (Å²) in [5.74, 6) is 0. The minimum Gasteiger partial charge on any atom is -0.299 e. The number of rotatable bonds is 4. The van der Waals surface area contributed by atoms with Crippen LogP contribution >= 0.6 is 0 Å². The molecular weight excluding hydrogens is 286 g/mol. The normalized spacial score (nSPS) is 15.1. The van der Waals surface area contributed by atoms with Crippen LogP contribution in [0.25, 0.3) is 22.4 Å². The summed E-state index contributed by atoms with van der Waals surface area (Å²) in [6.45, 7) is 2.57.